The van der Waals surface area contributed by atoms with Crippen LogP contribution in [0.5, 0.6) is 0 Å². The first kappa shape index (κ1) is 20.2. The van der Waals surface area contributed by atoms with Crippen LogP contribution in [0.4, 0.5) is 10.1 Å². The van der Waals surface area contributed by atoms with Crippen LogP contribution in [0.2, 0.25) is 0 Å². The molecule has 2 aromatic heterocycles. The number of nitrogens with one attached hydrogen (secondary N) is 1. The van der Waals surface area contributed by atoms with Crippen molar-refractivity contribution in [1.29, 1.82) is 0 Å². The normalized spacial score (nSPS) is 10.9. The Kier molecular flexibility index (Phi) is 4.99. The third-order valence-corrected chi connectivity index (χ3v) is 5.74. The number of aromatic nitrogens is 2. The van der Waals surface area contributed by atoms with Gasteiger partial charge in [0.2, 0.25) is 0 Å². The molecule has 0 spiro atoms. The zero-order valence-electron chi connectivity index (χ0n) is 15.9. The summed E-state index contributed by atoms with van der Waals surface area (Å²) < 4.78 is 14.9. The molecule has 156 valence electrons. The van der Waals surface area contributed by atoms with Crippen molar-refractivity contribution in [2.45, 2.75) is 6.92 Å². The topological polar surface area (TPSA) is 121 Å². The van der Waals surface area contributed by atoms with E-state index in [1.807, 2.05) is 0 Å². The fourth-order valence-electron chi connectivity index (χ4n) is 3.06. The molecule has 31 heavy (non-hydrogen) atoms. The molecule has 0 saturated carbocycles. The van der Waals surface area contributed by atoms with Gasteiger partial charge in [-0.15, -0.1) is 0 Å². The van der Waals surface area contributed by atoms with E-state index in [-0.39, 0.29) is 22.6 Å². The molecule has 0 aliphatic carbocycles. The van der Waals surface area contributed by atoms with Crippen molar-refractivity contribution in [2.75, 3.05) is 5.32 Å². The maximum Gasteiger partial charge on any atom is 0.335 e. The molecule has 0 saturated heterocycles. The minimum atomic E-state index is -1.31. The standard InChI is InChI=1S/C21H14FN3O5S/c1-10-17(18(26)23-15-7-12(19(27)28)6-13(8-15)20(29)30)31-21-24-16(9-25(10)21)11-2-4-14(22)5-3-11/h2-9H,1H3,(H,23,26)(H,27,28)(H,29,30). The van der Waals surface area contributed by atoms with E-state index in [4.69, 9.17) is 0 Å². The summed E-state index contributed by atoms with van der Waals surface area (Å²) >= 11 is 1.12. The highest BCUT2D eigenvalue weighted by atomic mass is 32.1. The summed E-state index contributed by atoms with van der Waals surface area (Å²) in [4.78, 5) is 40.7. The van der Waals surface area contributed by atoms with Gasteiger partial charge in [0.05, 0.1) is 16.8 Å². The highest BCUT2D eigenvalue weighted by molar-refractivity contribution is 7.19. The predicted octanol–water partition coefficient (Wildman–Crippen LogP) is 4.16. The van der Waals surface area contributed by atoms with Crippen molar-refractivity contribution < 1.29 is 29.0 Å². The van der Waals surface area contributed by atoms with Gasteiger partial charge in [-0.25, -0.2) is 19.0 Å². The third-order valence-electron chi connectivity index (χ3n) is 4.59. The van der Waals surface area contributed by atoms with Gasteiger partial charge in [-0.05, 0) is 49.4 Å². The third kappa shape index (κ3) is 3.88. The lowest BCUT2D eigenvalue weighted by Crippen LogP contribution is -2.13. The second-order valence-corrected chi connectivity index (χ2v) is 7.64. The number of hydrogen-bond acceptors (Lipinski definition) is 5. The Labute approximate surface area is 178 Å². The summed E-state index contributed by atoms with van der Waals surface area (Å²) in [7, 11) is 0. The number of benzene rings is 2. The van der Waals surface area contributed by atoms with Crippen molar-refractivity contribution in [3.8, 4) is 11.3 Å². The van der Waals surface area contributed by atoms with E-state index >= 15 is 0 Å². The van der Waals surface area contributed by atoms with E-state index in [0.29, 0.717) is 21.2 Å². The molecule has 2 aromatic carbocycles. The quantitative estimate of drug-likeness (QED) is 0.429. The summed E-state index contributed by atoms with van der Waals surface area (Å²) in [5.41, 5.74) is 1.51. The second kappa shape index (κ2) is 7.65. The Morgan fingerprint density at radius 1 is 1.03 bits per heavy atom. The zero-order chi connectivity index (χ0) is 22.3. The van der Waals surface area contributed by atoms with E-state index in [1.165, 1.54) is 24.3 Å². The Morgan fingerprint density at radius 3 is 2.19 bits per heavy atom. The zero-order valence-corrected chi connectivity index (χ0v) is 16.7. The number of imidazole rings is 1. The van der Waals surface area contributed by atoms with E-state index in [1.54, 1.807) is 29.7 Å². The van der Waals surface area contributed by atoms with Gasteiger partial charge in [-0.1, -0.05) is 11.3 Å². The number of carbonyl (C=O) groups excluding carboxylic acids is 1. The monoisotopic (exact) mass is 439 g/mol. The molecule has 4 aromatic rings. The fourth-order valence-corrected chi connectivity index (χ4v) is 4.06. The molecule has 10 heteroatoms. The number of nitrogens with zero attached hydrogens (tertiary/aromatic N) is 2. The molecular formula is C21H14FN3O5S. The van der Waals surface area contributed by atoms with Crippen LogP contribution in [-0.2, 0) is 0 Å². The number of halogens is 1. The van der Waals surface area contributed by atoms with Gasteiger partial charge >= 0.3 is 11.9 Å². The lowest BCUT2D eigenvalue weighted by atomic mass is 10.1. The lowest BCUT2D eigenvalue weighted by molar-refractivity contribution is 0.0696. The Bertz CT molecular complexity index is 1330. The number of carboxylic acid groups (broad SMARTS) is 2. The number of carbonyl (C=O) groups is 3. The highest BCUT2D eigenvalue weighted by Crippen LogP contribution is 2.28. The Balaban J connectivity index is 1.65. The molecule has 4 rings (SSSR count). The Morgan fingerprint density at radius 2 is 1.65 bits per heavy atom. The molecule has 0 bridgehead atoms. The highest BCUT2D eigenvalue weighted by Gasteiger charge is 2.20. The number of aryl methyl sites for hydroxylation is 1. The van der Waals surface area contributed by atoms with Gasteiger partial charge in [0, 0.05) is 23.1 Å². The number of hydrogen-bond donors (Lipinski definition) is 3. The maximum absolute atomic E-state index is 13.1. The van der Waals surface area contributed by atoms with Crippen molar-refractivity contribution in [2.24, 2.45) is 0 Å². The van der Waals surface area contributed by atoms with Crippen LogP contribution in [0, 0.1) is 12.7 Å². The summed E-state index contributed by atoms with van der Waals surface area (Å²) in [6.07, 6.45) is 1.73. The average Bonchev–Trinajstić information content (AvgIpc) is 3.27. The van der Waals surface area contributed by atoms with Crippen molar-refractivity contribution in [1.82, 2.24) is 9.38 Å². The SMILES string of the molecule is Cc1c(C(=O)Nc2cc(C(=O)O)cc(C(=O)O)c2)sc2nc(-c3ccc(F)cc3)cn12. The van der Waals surface area contributed by atoms with Crippen molar-refractivity contribution in [3.05, 3.63) is 76.2 Å². The summed E-state index contributed by atoms with van der Waals surface area (Å²) in [6.45, 7) is 1.73. The number of aromatic carboxylic acids is 2. The van der Waals surface area contributed by atoms with E-state index < -0.39 is 17.8 Å². The molecule has 8 nitrogen and oxygen atoms in total. The number of carboxylic acids is 2. The number of fused-ring (bicyclic) bond motifs is 1. The molecule has 1 amide bonds. The predicted molar refractivity (Wildman–Crippen MR) is 112 cm³/mol. The van der Waals surface area contributed by atoms with Crippen molar-refractivity contribution >= 4 is 39.8 Å². The minimum absolute atomic E-state index is 0.0553. The van der Waals surface area contributed by atoms with Crippen LogP contribution in [0.25, 0.3) is 16.2 Å². The van der Waals surface area contributed by atoms with Crippen LogP contribution in [0.1, 0.15) is 36.1 Å². The van der Waals surface area contributed by atoms with Crippen LogP contribution >= 0.6 is 11.3 Å². The first-order chi connectivity index (χ1) is 14.7. The molecule has 2 heterocycles. The first-order valence-electron chi connectivity index (χ1n) is 8.90. The van der Waals surface area contributed by atoms with Crippen LogP contribution in [0.3, 0.4) is 0 Å². The molecule has 0 fully saturated rings. The van der Waals surface area contributed by atoms with Gasteiger partial charge in [0.1, 0.15) is 10.7 Å². The smallest absolute Gasteiger partial charge is 0.335 e. The minimum Gasteiger partial charge on any atom is -0.478 e. The Hall–Kier alpha value is -4.05. The largest absolute Gasteiger partial charge is 0.478 e. The van der Waals surface area contributed by atoms with Gasteiger partial charge in [-0.3, -0.25) is 9.20 Å². The molecule has 0 aliphatic heterocycles. The molecule has 0 unspecified atom stereocenters. The van der Waals surface area contributed by atoms with E-state index in [2.05, 4.69) is 10.3 Å². The molecule has 0 radical (unpaired) electrons. The summed E-state index contributed by atoms with van der Waals surface area (Å²) in [5.74, 6) is -3.48. The van der Waals surface area contributed by atoms with Crippen LogP contribution < -0.4 is 5.32 Å². The van der Waals surface area contributed by atoms with Crippen LogP contribution in [-0.4, -0.2) is 37.4 Å². The molecule has 0 atom stereocenters. The van der Waals surface area contributed by atoms with E-state index in [9.17, 15) is 29.0 Å². The van der Waals surface area contributed by atoms with Crippen molar-refractivity contribution in [3.63, 3.8) is 0 Å². The van der Waals surface area contributed by atoms with E-state index in [0.717, 1.165) is 23.0 Å². The van der Waals surface area contributed by atoms with Gasteiger partial charge in [-0.2, -0.15) is 0 Å². The average molecular weight is 439 g/mol. The maximum atomic E-state index is 13.1. The lowest BCUT2D eigenvalue weighted by Gasteiger charge is -2.07. The fraction of sp³-hybridized carbons (Fsp3) is 0.0476. The number of thiazole rings is 1. The number of anilines is 1. The van der Waals surface area contributed by atoms with Gasteiger partial charge in [0.15, 0.2) is 4.96 Å². The molecule has 3 N–H and O–H groups in total. The first-order valence-corrected chi connectivity index (χ1v) is 9.72. The van der Waals surface area contributed by atoms with Gasteiger partial charge < -0.3 is 15.5 Å². The molecule has 0 aliphatic rings. The second-order valence-electron chi connectivity index (χ2n) is 6.67. The molecular weight excluding hydrogens is 425 g/mol. The van der Waals surface area contributed by atoms with Gasteiger partial charge in [0.25, 0.3) is 5.91 Å². The number of rotatable bonds is 5. The van der Waals surface area contributed by atoms with Crippen LogP contribution in [0.15, 0.2) is 48.7 Å². The summed E-state index contributed by atoms with van der Waals surface area (Å²) in [6, 6.07) is 9.29. The summed E-state index contributed by atoms with van der Waals surface area (Å²) in [5, 5.41) is 20.9. The number of amides is 1.